The minimum Gasteiger partial charge on any atom is -0.466 e. The Kier molecular flexibility index (Phi) is 7.95. The summed E-state index contributed by atoms with van der Waals surface area (Å²) >= 11 is 1.41. The van der Waals surface area contributed by atoms with Crippen molar-refractivity contribution in [2.24, 2.45) is 4.99 Å². The molecule has 1 atom stereocenters. The normalized spacial score (nSPS) is 19.7. The number of nitrogens with zero attached hydrogens (tertiary/aromatic N) is 4. The summed E-state index contributed by atoms with van der Waals surface area (Å²) in [5, 5.41) is 2.57. The molecule has 1 amide bonds. The van der Waals surface area contributed by atoms with Crippen LogP contribution in [-0.4, -0.2) is 71.6 Å². The Morgan fingerprint density at radius 1 is 1.08 bits per heavy atom. The zero-order valence-corrected chi connectivity index (χ0v) is 22.4. The van der Waals surface area contributed by atoms with Gasteiger partial charge in [0.1, 0.15) is 5.82 Å². The summed E-state index contributed by atoms with van der Waals surface area (Å²) in [5.74, 6) is -0.884. The lowest BCUT2D eigenvalue weighted by molar-refractivity contribution is -0.136. The van der Waals surface area contributed by atoms with Gasteiger partial charge in [-0.25, -0.2) is 14.2 Å². The highest BCUT2D eigenvalue weighted by atomic mass is 32.2. The lowest BCUT2D eigenvalue weighted by Crippen LogP contribution is -2.49. The van der Waals surface area contributed by atoms with Gasteiger partial charge in [-0.05, 0) is 42.0 Å². The number of hydrogen-bond acceptors (Lipinski definition) is 7. The van der Waals surface area contributed by atoms with Crippen molar-refractivity contribution in [3.63, 3.8) is 0 Å². The summed E-state index contributed by atoms with van der Waals surface area (Å²) in [6.45, 7) is 5.75. The minimum absolute atomic E-state index is 0.0321. The van der Waals surface area contributed by atoms with Crippen molar-refractivity contribution in [3.8, 4) is 0 Å². The molecule has 3 aliphatic rings. The van der Waals surface area contributed by atoms with Gasteiger partial charge in [0.25, 0.3) is 0 Å². The van der Waals surface area contributed by atoms with Gasteiger partial charge in [0.05, 0.1) is 30.8 Å². The molecule has 1 fully saturated rings. The monoisotopic (exact) mass is 534 g/mol. The number of benzene rings is 2. The number of fused-ring (bicyclic) bond motifs is 1. The first kappa shape index (κ1) is 26.2. The van der Waals surface area contributed by atoms with Gasteiger partial charge < -0.3 is 14.5 Å². The fourth-order valence-corrected chi connectivity index (χ4v) is 6.12. The number of rotatable bonds is 7. The number of aliphatic imine (C=N–C) groups is 1. The Bertz CT molecular complexity index is 1300. The first-order valence-electron chi connectivity index (χ1n) is 12.8. The van der Waals surface area contributed by atoms with E-state index in [1.54, 1.807) is 19.1 Å². The van der Waals surface area contributed by atoms with Crippen molar-refractivity contribution in [1.29, 1.82) is 0 Å². The number of esters is 1. The predicted octanol–water partition coefficient (Wildman–Crippen LogP) is 4.35. The lowest BCUT2D eigenvalue weighted by Gasteiger charge is -2.38. The number of halogens is 1. The lowest BCUT2D eigenvalue weighted by atomic mass is 9.93. The van der Waals surface area contributed by atoms with Gasteiger partial charge >= 0.3 is 5.97 Å². The number of hydrogen-bond donors (Lipinski definition) is 0. The zero-order chi connectivity index (χ0) is 26.6. The predicted molar refractivity (Wildman–Crippen MR) is 147 cm³/mol. The minimum atomic E-state index is -0.630. The molecule has 7 nitrogen and oxygen atoms in total. The smallest absolute Gasteiger partial charge is 0.338 e. The van der Waals surface area contributed by atoms with Gasteiger partial charge in [-0.3, -0.25) is 9.69 Å². The first-order chi connectivity index (χ1) is 18.4. The maximum atomic E-state index is 14.2. The molecule has 0 bridgehead atoms. The maximum Gasteiger partial charge on any atom is 0.338 e. The zero-order valence-electron chi connectivity index (χ0n) is 21.6. The highest BCUT2D eigenvalue weighted by Crippen LogP contribution is 2.45. The standard InChI is InChI=1S/C29H31FN4O3S/c1-20-26(28(36)37-2)27(22-9-6-10-23(30)17-22)34-24(19-38-29(34)31-20)18-25(35)33-15-13-32(14-16-33)12-11-21-7-4-3-5-8-21/h3-10,17,19,27H,11-16,18H2,1-2H3. The van der Waals surface area contributed by atoms with Gasteiger partial charge in [-0.15, -0.1) is 0 Å². The quantitative estimate of drug-likeness (QED) is 0.492. The third-order valence-corrected chi connectivity index (χ3v) is 8.08. The molecular weight excluding hydrogens is 503 g/mol. The van der Waals surface area contributed by atoms with E-state index in [9.17, 15) is 14.0 Å². The second-order valence-electron chi connectivity index (χ2n) is 9.57. The van der Waals surface area contributed by atoms with E-state index in [0.29, 0.717) is 35.1 Å². The Labute approximate surface area is 226 Å². The van der Waals surface area contributed by atoms with Gasteiger partial charge in [0.15, 0.2) is 5.17 Å². The molecule has 0 radical (unpaired) electrons. The molecule has 38 heavy (non-hydrogen) atoms. The van der Waals surface area contributed by atoms with E-state index in [4.69, 9.17) is 4.74 Å². The Balaban J connectivity index is 1.27. The fourth-order valence-electron chi connectivity index (χ4n) is 5.15. The Hall–Kier alpha value is -3.43. The summed E-state index contributed by atoms with van der Waals surface area (Å²) in [6.07, 6.45) is 1.17. The average molecular weight is 535 g/mol. The summed E-state index contributed by atoms with van der Waals surface area (Å²) in [7, 11) is 1.32. The fraction of sp³-hybridized carbons (Fsp3) is 0.345. The molecule has 5 rings (SSSR count). The van der Waals surface area contributed by atoms with Gasteiger partial charge in [0, 0.05) is 38.4 Å². The molecule has 0 aromatic heterocycles. The van der Waals surface area contributed by atoms with Crippen molar-refractivity contribution in [1.82, 2.24) is 14.7 Å². The van der Waals surface area contributed by atoms with Crippen LogP contribution in [0.3, 0.4) is 0 Å². The first-order valence-corrected chi connectivity index (χ1v) is 13.6. The van der Waals surface area contributed by atoms with Crippen LogP contribution in [0.2, 0.25) is 0 Å². The molecule has 9 heteroatoms. The van der Waals surface area contributed by atoms with Crippen LogP contribution in [0.15, 0.2) is 82.0 Å². The number of ether oxygens (including phenoxy) is 1. The number of carbonyl (C=O) groups excluding carboxylic acids is 2. The molecule has 1 saturated heterocycles. The number of carbonyl (C=O) groups is 2. The third kappa shape index (κ3) is 5.54. The van der Waals surface area contributed by atoms with E-state index in [2.05, 4.69) is 34.2 Å². The molecular formula is C29H31FN4O3S. The topological polar surface area (TPSA) is 65.5 Å². The van der Waals surface area contributed by atoms with E-state index in [1.165, 1.54) is 36.6 Å². The number of thioether (sulfide) groups is 1. The van der Waals surface area contributed by atoms with Gasteiger partial charge in [0.2, 0.25) is 5.91 Å². The maximum absolute atomic E-state index is 14.2. The molecule has 0 spiro atoms. The number of allylic oxidation sites excluding steroid dienone is 1. The van der Waals surface area contributed by atoms with Crippen LogP contribution in [-0.2, 0) is 20.7 Å². The van der Waals surface area contributed by atoms with Crippen LogP contribution in [0.5, 0.6) is 0 Å². The van der Waals surface area contributed by atoms with Crippen molar-refractivity contribution >= 4 is 28.8 Å². The molecule has 198 valence electrons. The molecule has 3 aliphatic heterocycles. The van der Waals surface area contributed by atoms with Crippen LogP contribution in [0.1, 0.15) is 30.5 Å². The van der Waals surface area contributed by atoms with E-state index >= 15 is 0 Å². The van der Waals surface area contributed by atoms with E-state index < -0.39 is 17.8 Å². The van der Waals surface area contributed by atoms with Crippen molar-refractivity contribution in [2.45, 2.75) is 25.8 Å². The SMILES string of the molecule is COC(=O)C1=C(C)N=C2SC=C(CC(=O)N3CCN(CCc4ccccc4)CC3)N2C1c1cccc(F)c1. The molecule has 2 aromatic rings. The molecule has 3 heterocycles. The van der Waals surface area contributed by atoms with Crippen LogP contribution in [0.4, 0.5) is 4.39 Å². The van der Waals surface area contributed by atoms with Gasteiger partial charge in [-0.1, -0.05) is 54.2 Å². The van der Waals surface area contributed by atoms with Crippen LogP contribution < -0.4 is 0 Å². The van der Waals surface area contributed by atoms with Crippen molar-refractivity contribution in [2.75, 3.05) is 39.8 Å². The van der Waals surface area contributed by atoms with Crippen molar-refractivity contribution < 1.29 is 18.7 Å². The molecule has 0 saturated carbocycles. The van der Waals surface area contributed by atoms with Crippen LogP contribution in [0.25, 0.3) is 0 Å². The summed E-state index contributed by atoms with van der Waals surface area (Å²) in [5.41, 5.74) is 3.53. The third-order valence-electron chi connectivity index (χ3n) is 7.19. The van der Waals surface area contributed by atoms with E-state index in [1.807, 2.05) is 21.3 Å². The van der Waals surface area contributed by atoms with Crippen LogP contribution in [0, 0.1) is 5.82 Å². The number of methoxy groups -OCH3 is 1. The average Bonchev–Trinajstić information content (AvgIpc) is 3.33. The largest absolute Gasteiger partial charge is 0.466 e. The summed E-state index contributed by atoms with van der Waals surface area (Å²) in [6, 6.07) is 16.0. The number of amidine groups is 1. The summed E-state index contributed by atoms with van der Waals surface area (Å²) < 4.78 is 19.3. The van der Waals surface area contributed by atoms with E-state index in [-0.39, 0.29) is 12.3 Å². The van der Waals surface area contributed by atoms with Crippen molar-refractivity contribution in [3.05, 3.63) is 93.9 Å². The Morgan fingerprint density at radius 3 is 2.55 bits per heavy atom. The molecule has 0 aliphatic carbocycles. The highest BCUT2D eigenvalue weighted by molar-refractivity contribution is 8.16. The molecule has 1 unspecified atom stereocenters. The number of amides is 1. The number of piperazine rings is 1. The molecule has 0 N–H and O–H groups in total. The second kappa shape index (κ2) is 11.5. The van der Waals surface area contributed by atoms with Crippen LogP contribution >= 0.6 is 11.8 Å². The van der Waals surface area contributed by atoms with E-state index in [0.717, 1.165) is 31.8 Å². The second-order valence-corrected chi connectivity index (χ2v) is 10.4. The summed E-state index contributed by atoms with van der Waals surface area (Å²) in [4.78, 5) is 37.0. The highest BCUT2D eigenvalue weighted by Gasteiger charge is 2.41. The van der Waals surface area contributed by atoms with Gasteiger partial charge in [-0.2, -0.15) is 0 Å². The molecule has 2 aromatic carbocycles. The Morgan fingerprint density at radius 2 is 1.84 bits per heavy atom.